The molecule has 4 nitrogen and oxygen atoms in total. The lowest BCUT2D eigenvalue weighted by atomic mass is 10.2. The Morgan fingerprint density at radius 3 is 3.10 bits per heavy atom. The highest BCUT2D eigenvalue weighted by Crippen LogP contribution is 2.29. The number of fused-ring (bicyclic) bond motifs is 1. The van der Waals surface area contributed by atoms with Crippen LogP contribution in [0.15, 0.2) is 23.1 Å². The molecule has 1 fully saturated rings. The van der Waals surface area contributed by atoms with Crippen molar-refractivity contribution in [1.29, 1.82) is 0 Å². The molecule has 2 aliphatic rings. The fourth-order valence-electron chi connectivity index (χ4n) is 2.75. The number of rotatable bonds is 3. The Morgan fingerprint density at radius 2 is 2.30 bits per heavy atom. The first-order valence-corrected chi connectivity index (χ1v) is 9.58. The average molecular weight is 312 g/mol. The summed E-state index contributed by atoms with van der Waals surface area (Å²) in [5, 5.41) is 3.69. The van der Waals surface area contributed by atoms with Gasteiger partial charge in [0.15, 0.2) is 0 Å². The summed E-state index contributed by atoms with van der Waals surface area (Å²) in [6.45, 7) is 4.28. The molecule has 20 heavy (non-hydrogen) atoms. The fourth-order valence-corrected chi connectivity index (χ4v) is 5.68. The highest BCUT2D eigenvalue weighted by atomic mass is 32.2. The molecule has 0 bridgehead atoms. The van der Waals surface area contributed by atoms with E-state index in [-0.39, 0.29) is 0 Å². The third-order valence-electron chi connectivity index (χ3n) is 3.98. The Labute approximate surface area is 125 Å². The van der Waals surface area contributed by atoms with Crippen LogP contribution in [-0.4, -0.2) is 43.4 Å². The summed E-state index contributed by atoms with van der Waals surface area (Å²) in [6, 6.07) is 5.47. The van der Waals surface area contributed by atoms with Crippen LogP contribution in [0.4, 0.5) is 5.69 Å². The lowest BCUT2D eigenvalue weighted by Gasteiger charge is -2.31. The van der Waals surface area contributed by atoms with Crippen LogP contribution in [0.2, 0.25) is 0 Å². The minimum Gasteiger partial charge on any atom is -0.384 e. The molecule has 1 N–H and O–H groups in total. The Hall–Kier alpha value is -0.720. The van der Waals surface area contributed by atoms with Gasteiger partial charge in [0.1, 0.15) is 0 Å². The lowest BCUT2D eigenvalue weighted by Crippen LogP contribution is -2.41. The minimum absolute atomic E-state index is 0.426. The number of thioether (sulfide) groups is 1. The van der Waals surface area contributed by atoms with Gasteiger partial charge in [0.05, 0.1) is 4.90 Å². The second kappa shape index (κ2) is 5.58. The first kappa shape index (κ1) is 14.2. The summed E-state index contributed by atoms with van der Waals surface area (Å²) in [4.78, 5) is 0.446. The first-order chi connectivity index (χ1) is 9.61. The Kier molecular flexibility index (Phi) is 3.97. The van der Waals surface area contributed by atoms with Crippen LogP contribution in [0.1, 0.15) is 18.9 Å². The highest BCUT2D eigenvalue weighted by molar-refractivity contribution is 8.00. The van der Waals surface area contributed by atoms with E-state index in [1.54, 1.807) is 10.4 Å². The molecule has 2 heterocycles. The van der Waals surface area contributed by atoms with Gasteiger partial charge in [-0.25, -0.2) is 8.42 Å². The predicted molar refractivity (Wildman–Crippen MR) is 83.9 cm³/mol. The van der Waals surface area contributed by atoms with Gasteiger partial charge in [-0.15, -0.1) is 0 Å². The molecule has 1 saturated heterocycles. The molecule has 0 aromatic heterocycles. The van der Waals surface area contributed by atoms with Crippen LogP contribution in [0.5, 0.6) is 0 Å². The summed E-state index contributed by atoms with van der Waals surface area (Å²) in [5.74, 6) is 0.893. The topological polar surface area (TPSA) is 49.4 Å². The molecule has 0 aliphatic carbocycles. The van der Waals surface area contributed by atoms with Gasteiger partial charge in [0, 0.05) is 36.3 Å². The molecule has 0 radical (unpaired) electrons. The average Bonchev–Trinajstić information content (AvgIpc) is 2.94. The minimum atomic E-state index is -3.33. The van der Waals surface area contributed by atoms with E-state index >= 15 is 0 Å². The van der Waals surface area contributed by atoms with Crippen LogP contribution >= 0.6 is 11.8 Å². The largest absolute Gasteiger partial charge is 0.384 e. The molecule has 1 aromatic rings. The first-order valence-electron chi connectivity index (χ1n) is 7.10. The maximum Gasteiger partial charge on any atom is 0.243 e. The standard InChI is InChI=1S/C14H20N2O2S2/c1-2-12-10-16(7-8-19-12)20(17,18)13-3-4-14-11(9-13)5-6-15-14/h3-4,9,12,15H,2,5-8,10H2,1H3. The van der Waals surface area contributed by atoms with Crippen molar-refractivity contribution >= 4 is 27.5 Å². The van der Waals surface area contributed by atoms with Crippen LogP contribution in [0.3, 0.4) is 0 Å². The molecule has 6 heteroatoms. The molecule has 2 aliphatic heterocycles. The molecular formula is C14H20N2O2S2. The smallest absolute Gasteiger partial charge is 0.243 e. The van der Waals surface area contributed by atoms with E-state index in [2.05, 4.69) is 12.2 Å². The third-order valence-corrected chi connectivity index (χ3v) is 7.21. The number of hydrogen-bond donors (Lipinski definition) is 1. The van der Waals surface area contributed by atoms with Crippen molar-refractivity contribution in [2.75, 3.05) is 30.7 Å². The maximum absolute atomic E-state index is 12.7. The summed E-state index contributed by atoms with van der Waals surface area (Å²) in [5.41, 5.74) is 2.19. The van der Waals surface area contributed by atoms with Crippen molar-refractivity contribution in [3.63, 3.8) is 0 Å². The second-order valence-corrected chi connectivity index (χ2v) is 8.61. The number of anilines is 1. The maximum atomic E-state index is 12.7. The number of hydrogen-bond acceptors (Lipinski definition) is 4. The molecule has 0 spiro atoms. The van der Waals surface area contributed by atoms with Gasteiger partial charge >= 0.3 is 0 Å². The quantitative estimate of drug-likeness (QED) is 0.929. The van der Waals surface area contributed by atoms with Gasteiger partial charge in [0.25, 0.3) is 0 Å². The van der Waals surface area contributed by atoms with Crippen molar-refractivity contribution in [3.05, 3.63) is 23.8 Å². The summed E-state index contributed by atoms with van der Waals surface area (Å²) in [6.07, 6.45) is 1.93. The summed E-state index contributed by atoms with van der Waals surface area (Å²) < 4.78 is 27.1. The number of nitrogens with one attached hydrogen (secondary N) is 1. The zero-order valence-electron chi connectivity index (χ0n) is 11.6. The van der Waals surface area contributed by atoms with Gasteiger partial charge in [-0.1, -0.05) is 6.92 Å². The SMILES string of the molecule is CCC1CN(S(=O)(=O)c2ccc3c(c2)CCN3)CCS1. The molecule has 1 aromatic carbocycles. The van der Waals surface area contributed by atoms with E-state index in [9.17, 15) is 8.42 Å². The lowest BCUT2D eigenvalue weighted by molar-refractivity contribution is 0.416. The van der Waals surface area contributed by atoms with Crippen molar-refractivity contribution < 1.29 is 8.42 Å². The predicted octanol–water partition coefficient (Wildman–Crippen LogP) is 2.17. The van der Waals surface area contributed by atoms with Crippen molar-refractivity contribution in [2.24, 2.45) is 0 Å². The third kappa shape index (κ3) is 2.56. The molecular weight excluding hydrogens is 292 g/mol. The van der Waals surface area contributed by atoms with Crippen LogP contribution in [0, 0.1) is 0 Å². The molecule has 1 atom stereocenters. The van der Waals surface area contributed by atoms with E-state index in [1.165, 1.54) is 0 Å². The van der Waals surface area contributed by atoms with Crippen molar-refractivity contribution in [2.45, 2.75) is 29.9 Å². The van der Waals surface area contributed by atoms with Gasteiger partial charge in [-0.3, -0.25) is 0 Å². The van der Waals surface area contributed by atoms with E-state index in [4.69, 9.17) is 0 Å². The number of sulfonamides is 1. The summed E-state index contributed by atoms with van der Waals surface area (Å²) >= 11 is 1.88. The van der Waals surface area contributed by atoms with Crippen LogP contribution in [0.25, 0.3) is 0 Å². The highest BCUT2D eigenvalue weighted by Gasteiger charge is 2.30. The second-order valence-electron chi connectivity index (χ2n) is 5.26. The van der Waals surface area contributed by atoms with Crippen molar-refractivity contribution in [3.8, 4) is 0 Å². The van der Waals surface area contributed by atoms with Gasteiger partial charge in [-0.2, -0.15) is 16.1 Å². The van der Waals surface area contributed by atoms with E-state index in [1.807, 2.05) is 23.9 Å². The monoisotopic (exact) mass is 312 g/mol. The van der Waals surface area contributed by atoms with Gasteiger partial charge in [-0.05, 0) is 36.6 Å². The van der Waals surface area contributed by atoms with Crippen molar-refractivity contribution in [1.82, 2.24) is 4.31 Å². The normalized spacial score (nSPS) is 23.4. The Balaban J connectivity index is 1.87. The zero-order chi connectivity index (χ0) is 14.2. The Morgan fingerprint density at radius 1 is 1.45 bits per heavy atom. The van der Waals surface area contributed by atoms with Crippen LogP contribution < -0.4 is 5.32 Å². The van der Waals surface area contributed by atoms with E-state index < -0.39 is 10.0 Å². The van der Waals surface area contributed by atoms with Gasteiger partial charge < -0.3 is 5.32 Å². The molecule has 1 unspecified atom stereocenters. The molecule has 110 valence electrons. The number of benzene rings is 1. The fraction of sp³-hybridized carbons (Fsp3) is 0.571. The molecule has 3 rings (SSSR count). The zero-order valence-corrected chi connectivity index (χ0v) is 13.3. The van der Waals surface area contributed by atoms with E-state index in [0.717, 1.165) is 36.4 Å². The van der Waals surface area contributed by atoms with E-state index in [0.29, 0.717) is 23.2 Å². The molecule has 0 amide bonds. The summed E-state index contributed by atoms with van der Waals surface area (Å²) in [7, 11) is -3.33. The van der Waals surface area contributed by atoms with Gasteiger partial charge in [0.2, 0.25) is 10.0 Å². The number of nitrogens with zero attached hydrogens (tertiary/aromatic N) is 1. The van der Waals surface area contributed by atoms with Crippen LogP contribution in [-0.2, 0) is 16.4 Å². The Bertz CT molecular complexity index is 601. The molecule has 0 saturated carbocycles.